The molecule has 1 aromatic rings. The van der Waals surface area contributed by atoms with Gasteiger partial charge in [-0.3, -0.25) is 4.79 Å². The van der Waals surface area contributed by atoms with Crippen molar-refractivity contribution in [2.75, 3.05) is 24.2 Å². The largest absolute Gasteiger partial charge is 0.508 e. The third-order valence-electron chi connectivity index (χ3n) is 4.31. The van der Waals surface area contributed by atoms with E-state index in [9.17, 15) is 18.3 Å². The van der Waals surface area contributed by atoms with Gasteiger partial charge in [0.25, 0.3) is 0 Å². The van der Waals surface area contributed by atoms with Gasteiger partial charge in [0.1, 0.15) is 5.75 Å². The maximum absolute atomic E-state index is 12.5. The predicted octanol–water partition coefficient (Wildman–Crippen LogP) is 2.01. The molecule has 1 atom stereocenters. The van der Waals surface area contributed by atoms with Crippen molar-refractivity contribution in [1.82, 2.24) is 4.31 Å². The van der Waals surface area contributed by atoms with E-state index >= 15 is 0 Å². The lowest BCUT2D eigenvalue weighted by Gasteiger charge is -2.31. The first-order valence-corrected chi connectivity index (χ1v) is 9.44. The molecule has 2 N–H and O–H groups in total. The van der Waals surface area contributed by atoms with Gasteiger partial charge >= 0.3 is 0 Å². The molecule has 0 saturated carbocycles. The van der Waals surface area contributed by atoms with E-state index in [1.807, 2.05) is 6.92 Å². The highest BCUT2D eigenvalue weighted by molar-refractivity contribution is 7.89. The van der Waals surface area contributed by atoms with Gasteiger partial charge in [0.05, 0.1) is 11.7 Å². The lowest BCUT2D eigenvalue weighted by molar-refractivity contribution is -0.120. The number of nitrogens with zero attached hydrogens (tertiary/aromatic N) is 1. The number of phenolic OH excluding ortho intramolecular Hbond substituents is 1. The molecule has 1 fully saturated rings. The smallest absolute Gasteiger partial charge is 0.228 e. The highest BCUT2D eigenvalue weighted by Gasteiger charge is 2.31. The van der Waals surface area contributed by atoms with E-state index in [1.54, 1.807) is 19.9 Å². The zero-order valence-corrected chi connectivity index (χ0v) is 14.6. The van der Waals surface area contributed by atoms with Crippen LogP contribution in [-0.4, -0.2) is 42.6 Å². The van der Waals surface area contributed by atoms with Crippen LogP contribution in [0.3, 0.4) is 0 Å². The summed E-state index contributed by atoms with van der Waals surface area (Å²) in [5.74, 6) is -0.392. The second-order valence-electron chi connectivity index (χ2n) is 6.04. The van der Waals surface area contributed by atoms with Gasteiger partial charge in [0.2, 0.25) is 15.9 Å². The first kappa shape index (κ1) is 17.7. The van der Waals surface area contributed by atoms with Gasteiger partial charge in [-0.1, -0.05) is 6.07 Å². The maximum atomic E-state index is 12.5. The monoisotopic (exact) mass is 340 g/mol. The van der Waals surface area contributed by atoms with Gasteiger partial charge in [-0.05, 0) is 44.7 Å². The summed E-state index contributed by atoms with van der Waals surface area (Å²) >= 11 is 0. The first-order valence-electron chi connectivity index (χ1n) is 7.83. The number of aryl methyl sites for hydroxylation is 2. The van der Waals surface area contributed by atoms with E-state index in [0.717, 1.165) is 11.1 Å². The number of phenols is 1. The number of piperidine rings is 1. The fourth-order valence-corrected chi connectivity index (χ4v) is 3.98. The Balaban J connectivity index is 2.10. The molecule has 6 nitrogen and oxygen atoms in total. The van der Waals surface area contributed by atoms with E-state index in [0.29, 0.717) is 25.1 Å². The third-order valence-corrected chi connectivity index (χ3v) is 6.16. The first-order chi connectivity index (χ1) is 10.7. The van der Waals surface area contributed by atoms with Crippen LogP contribution in [0.2, 0.25) is 0 Å². The second kappa shape index (κ2) is 6.88. The van der Waals surface area contributed by atoms with Crippen LogP contribution < -0.4 is 5.32 Å². The van der Waals surface area contributed by atoms with Crippen molar-refractivity contribution in [1.29, 1.82) is 0 Å². The molecule has 128 valence electrons. The Bertz CT molecular complexity index is 700. The molecular formula is C16H24N2O4S. The van der Waals surface area contributed by atoms with Crippen molar-refractivity contribution >= 4 is 21.6 Å². The number of anilines is 1. The molecule has 0 aliphatic carbocycles. The molecule has 0 bridgehead atoms. The number of aromatic hydroxyl groups is 1. The number of carbonyl (C=O) groups excluding carboxylic acids is 1. The van der Waals surface area contributed by atoms with E-state index in [1.165, 1.54) is 10.4 Å². The van der Waals surface area contributed by atoms with Gasteiger partial charge in [-0.15, -0.1) is 0 Å². The fraction of sp³-hybridized carbons (Fsp3) is 0.562. The number of sulfonamides is 1. The van der Waals surface area contributed by atoms with Crippen LogP contribution in [0.1, 0.15) is 30.9 Å². The number of hydrogen-bond donors (Lipinski definition) is 2. The van der Waals surface area contributed by atoms with Crippen LogP contribution in [0.4, 0.5) is 5.69 Å². The molecule has 0 spiro atoms. The van der Waals surface area contributed by atoms with Gasteiger partial charge in [-0.2, -0.15) is 0 Å². The van der Waals surface area contributed by atoms with Gasteiger partial charge < -0.3 is 10.4 Å². The number of hydrogen-bond acceptors (Lipinski definition) is 4. The number of rotatable bonds is 4. The predicted molar refractivity (Wildman–Crippen MR) is 90.0 cm³/mol. The highest BCUT2D eigenvalue weighted by atomic mass is 32.2. The SMILES string of the molecule is CCS(=O)(=O)N1CCCC(C(=O)Nc2cc(O)c(C)cc2C)C1. The summed E-state index contributed by atoms with van der Waals surface area (Å²) in [6.07, 6.45) is 1.34. The average molecular weight is 340 g/mol. The van der Waals surface area contributed by atoms with Crippen molar-refractivity contribution < 1.29 is 18.3 Å². The Morgan fingerprint density at radius 1 is 1.35 bits per heavy atom. The quantitative estimate of drug-likeness (QED) is 0.878. The van der Waals surface area contributed by atoms with Crippen molar-refractivity contribution in [3.63, 3.8) is 0 Å². The number of amides is 1. The van der Waals surface area contributed by atoms with Crippen molar-refractivity contribution in [3.8, 4) is 5.75 Å². The Morgan fingerprint density at radius 2 is 2.04 bits per heavy atom. The van der Waals surface area contributed by atoms with Crippen LogP contribution in [0.15, 0.2) is 12.1 Å². The topological polar surface area (TPSA) is 86.7 Å². The summed E-state index contributed by atoms with van der Waals surface area (Å²) in [6, 6.07) is 3.34. The molecular weight excluding hydrogens is 316 g/mol. The minimum atomic E-state index is -3.27. The number of carbonyl (C=O) groups is 1. The van der Waals surface area contributed by atoms with E-state index in [2.05, 4.69) is 5.32 Å². The van der Waals surface area contributed by atoms with Crippen molar-refractivity contribution in [2.45, 2.75) is 33.6 Å². The molecule has 1 aliphatic heterocycles. The standard InChI is InChI=1S/C16H24N2O4S/c1-4-23(21,22)18-7-5-6-13(10-18)16(20)17-14-9-15(19)12(3)8-11(14)2/h8-9,13,19H,4-7,10H2,1-3H3,(H,17,20). The minimum Gasteiger partial charge on any atom is -0.508 e. The molecule has 1 saturated heterocycles. The van der Waals surface area contributed by atoms with Crippen molar-refractivity contribution in [3.05, 3.63) is 23.3 Å². The zero-order valence-electron chi connectivity index (χ0n) is 13.8. The number of nitrogens with one attached hydrogen (secondary N) is 1. The Hall–Kier alpha value is -1.60. The Morgan fingerprint density at radius 3 is 2.70 bits per heavy atom. The van der Waals surface area contributed by atoms with Crippen molar-refractivity contribution in [2.24, 2.45) is 5.92 Å². The van der Waals surface area contributed by atoms with E-state index in [4.69, 9.17) is 0 Å². The minimum absolute atomic E-state index is 0.0479. The van der Waals surface area contributed by atoms with Crippen LogP contribution in [-0.2, 0) is 14.8 Å². The van der Waals surface area contributed by atoms with E-state index < -0.39 is 10.0 Å². The summed E-state index contributed by atoms with van der Waals surface area (Å²) in [5.41, 5.74) is 2.18. The molecule has 1 unspecified atom stereocenters. The summed E-state index contributed by atoms with van der Waals surface area (Å²) in [7, 11) is -3.27. The summed E-state index contributed by atoms with van der Waals surface area (Å²) in [6.45, 7) is 5.96. The van der Waals surface area contributed by atoms with Crippen LogP contribution in [0.25, 0.3) is 0 Å². The molecule has 0 aromatic heterocycles. The maximum Gasteiger partial charge on any atom is 0.228 e. The highest BCUT2D eigenvalue weighted by Crippen LogP contribution is 2.27. The Labute approximate surface area is 137 Å². The second-order valence-corrected chi connectivity index (χ2v) is 8.30. The van der Waals surface area contributed by atoms with Crippen LogP contribution >= 0.6 is 0 Å². The lowest BCUT2D eigenvalue weighted by atomic mass is 9.98. The summed E-state index contributed by atoms with van der Waals surface area (Å²) in [5, 5.41) is 12.6. The third kappa shape index (κ3) is 4.03. The molecule has 1 aliphatic rings. The van der Waals surface area contributed by atoms with Gasteiger partial charge in [-0.25, -0.2) is 12.7 Å². The zero-order chi connectivity index (χ0) is 17.2. The molecule has 1 heterocycles. The summed E-state index contributed by atoms with van der Waals surface area (Å²) in [4.78, 5) is 12.5. The Kier molecular flexibility index (Phi) is 5.31. The van der Waals surface area contributed by atoms with Crippen LogP contribution in [0, 0.1) is 19.8 Å². The van der Waals surface area contributed by atoms with E-state index in [-0.39, 0.29) is 29.9 Å². The van der Waals surface area contributed by atoms with Gasteiger partial charge in [0.15, 0.2) is 0 Å². The lowest BCUT2D eigenvalue weighted by Crippen LogP contribution is -2.44. The fourth-order valence-electron chi connectivity index (χ4n) is 2.80. The van der Waals surface area contributed by atoms with Gasteiger partial charge in [0, 0.05) is 24.8 Å². The average Bonchev–Trinajstić information content (AvgIpc) is 2.52. The molecule has 23 heavy (non-hydrogen) atoms. The molecule has 2 rings (SSSR count). The molecule has 7 heteroatoms. The molecule has 0 radical (unpaired) electrons. The molecule has 1 amide bonds. The molecule has 1 aromatic carbocycles. The normalized spacial score (nSPS) is 19.5. The summed E-state index contributed by atoms with van der Waals surface area (Å²) < 4.78 is 25.4. The van der Waals surface area contributed by atoms with Crippen LogP contribution in [0.5, 0.6) is 5.75 Å². The number of benzene rings is 1.